The second kappa shape index (κ2) is 10.5. The van der Waals surface area contributed by atoms with Gasteiger partial charge < -0.3 is 5.11 Å². The van der Waals surface area contributed by atoms with Crippen LogP contribution < -0.4 is 5.56 Å². The van der Waals surface area contributed by atoms with E-state index in [4.69, 9.17) is 0 Å². The number of nitrogens with zero attached hydrogens (tertiary/aromatic N) is 1. The molecule has 126 valence electrons. The van der Waals surface area contributed by atoms with Crippen LogP contribution in [0.3, 0.4) is 0 Å². The fourth-order valence-electron chi connectivity index (χ4n) is 2.83. The molecule has 3 heteroatoms. The van der Waals surface area contributed by atoms with Crippen molar-refractivity contribution < 1.29 is 5.11 Å². The first kappa shape index (κ1) is 18.8. The molecule has 0 unspecified atom stereocenters. The molecular weight excluding hydrogens is 274 g/mol. The molecule has 0 atom stereocenters. The average Bonchev–Trinajstić information content (AvgIpc) is 2.50. The molecule has 1 aromatic rings. The molecule has 1 aromatic heterocycles. The molecule has 0 saturated heterocycles. The first-order valence-electron chi connectivity index (χ1n) is 8.98. The molecule has 1 rings (SSSR count). The maximum Gasteiger partial charge on any atom is 0.253 e. The first-order valence-corrected chi connectivity index (χ1v) is 8.98. The van der Waals surface area contributed by atoms with Gasteiger partial charge in [0.05, 0.1) is 0 Å². The van der Waals surface area contributed by atoms with Gasteiger partial charge in [-0.15, -0.1) is 0 Å². The van der Waals surface area contributed by atoms with E-state index < -0.39 is 0 Å². The Morgan fingerprint density at radius 3 is 1.95 bits per heavy atom. The van der Waals surface area contributed by atoms with Gasteiger partial charge in [0, 0.05) is 18.2 Å². The topological polar surface area (TPSA) is 42.2 Å². The minimum Gasteiger partial charge on any atom is -0.494 e. The minimum absolute atomic E-state index is 0.0866. The Hall–Kier alpha value is -1.25. The summed E-state index contributed by atoms with van der Waals surface area (Å²) in [4.78, 5) is 11.9. The summed E-state index contributed by atoms with van der Waals surface area (Å²) in [6.07, 6.45) is 12.7. The monoisotopic (exact) mass is 307 g/mol. The van der Waals surface area contributed by atoms with Crippen molar-refractivity contribution in [3.63, 3.8) is 0 Å². The van der Waals surface area contributed by atoms with Crippen LogP contribution in [-0.2, 0) is 6.54 Å². The Bertz CT molecular complexity index is 491. The summed E-state index contributed by atoms with van der Waals surface area (Å²) in [5.74, 6) is 0.140. The van der Waals surface area contributed by atoms with Crippen LogP contribution in [0, 0.1) is 13.8 Å². The average molecular weight is 307 g/mol. The van der Waals surface area contributed by atoms with E-state index in [1.54, 1.807) is 6.07 Å². The van der Waals surface area contributed by atoms with Gasteiger partial charge in [-0.3, -0.25) is 9.36 Å². The summed E-state index contributed by atoms with van der Waals surface area (Å²) < 4.78 is 1.51. The highest BCUT2D eigenvalue weighted by molar-refractivity contribution is 5.32. The van der Waals surface area contributed by atoms with Gasteiger partial charge in [0.2, 0.25) is 0 Å². The summed E-state index contributed by atoms with van der Waals surface area (Å²) in [5.41, 5.74) is 1.59. The third-order valence-electron chi connectivity index (χ3n) is 4.52. The van der Waals surface area contributed by atoms with Gasteiger partial charge in [-0.1, -0.05) is 64.7 Å². The minimum atomic E-state index is -0.0866. The molecule has 3 nitrogen and oxygen atoms in total. The number of unbranched alkanes of at least 4 members (excludes halogenated alkanes) is 9. The molecule has 0 bridgehead atoms. The Morgan fingerprint density at radius 2 is 1.41 bits per heavy atom. The Balaban J connectivity index is 2.18. The van der Waals surface area contributed by atoms with Crippen LogP contribution in [0.4, 0.5) is 0 Å². The van der Waals surface area contributed by atoms with Crippen molar-refractivity contribution in [2.75, 3.05) is 0 Å². The molecule has 1 heterocycles. The standard InChI is InChI=1S/C19H33NO2/c1-4-5-6-7-8-9-10-11-12-13-14-20-18(21)15-16(2)17(3)19(20)22/h15,22H,4-14H2,1-3H3. The van der Waals surface area contributed by atoms with E-state index in [-0.39, 0.29) is 11.4 Å². The van der Waals surface area contributed by atoms with Crippen LogP contribution in [0.15, 0.2) is 10.9 Å². The lowest BCUT2D eigenvalue weighted by atomic mass is 10.1. The van der Waals surface area contributed by atoms with Crippen LogP contribution in [0.5, 0.6) is 5.88 Å². The molecule has 1 N–H and O–H groups in total. The lowest BCUT2D eigenvalue weighted by Crippen LogP contribution is -2.20. The summed E-state index contributed by atoms with van der Waals surface area (Å²) in [7, 11) is 0. The molecule has 0 aromatic carbocycles. The highest BCUT2D eigenvalue weighted by Crippen LogP contribution is 2.18. The van der Waals surface area contributed by atoms with E-state index in [1.165, 1.54) is 55.9 Å². The van der Waals surface area contributed by atoms with Gasteiger partial charge in [-0.05, 0) is 25.8 Å². The number of rotatable bonds is 11. The largest absolute Gasteiger partial charge is 0.494 e. The van der Waals surface area contributed by atoms with Crippen LogP contribution in [0.2, 0.25) is 0 Å². The van der Waals surface area contributed by atoms with E-state index in [2.05, 4.69) is 6.92 Å². The molecule has 22 heavy (non-hydrogen) atoms. The highest BCUT2D eigenvalue weighted by atomic mass is 16.3. The van der Waals surface area contributed by atoms with Crippen molar-refractivity contribution in [3.05, 3.63) is 27.5 Å². The summed E-state index contributed by atoms with van der Waals surface area (Å²) in [5, 5.41) is 10.1. The Labute approximate surface area is 135 Å². The van der Waals surface area contributed by atoms with Gasteiger partial charge in [0.15, 0.2) is 5.88 Å². The number of pyridine rings is 1. The molecule has 0 aliphatic carbocycles. The first-order chi connectivity index (χ1) is 10.6. The van der Waals surface area contributed by atoms with Crippen molar-refractivity contribution in [1.29, 1.82) is 0 Å². The molecular formula is C19H33NO2. The highest BCUT2D eigenvalue weighted by Gasteiger charge is 2.08. The second-order valence-electron chi connectivity index (χ2n) is 6.45. The molecule has 0 aliphatic rings. The molecule has 0 amide bonds. The zero-order valence-electron chi connectivity index (χ0n) is 14.7. The lowest BCUT2D eigenvalue weighted by molar-refractivity contribution is 0.393. The molecule has 0 fully saturated rings. The molecule has 0 aliphatic heterocycles. The lowest BCUT2D eigenvalue weighted by Gasteiger charge is -2.12. The fourth-order valence-corrected chi connectivity index (χ4v) is 2.83. The predicted molar refractivity (Wildman–Crippen MR) is 93.7 cm³/mol. The number of aromatic hydroxyl groups is 1. The van der Waals surface area contributed by atoms with Crippen molar-refractivity contribution >= 4 is 0 Å². The number of hydrogen-bond donors (Lipinski definition) is 1. The van der Waals surface area contributed by atoms with Crippen molar-refractivity contribution in [2.45, 2.75) is 91.5 Å². The van der Waals surface area contributed by atoms with Gasteiger partial charge in [0.25, 0.3) is 5.56 Å². The smallest absolute Gasteiger partial charge is 0.253 e. The van der Waals surface area contributed by atoms with Crippen LogP contribution in [-0.4, -0.2) is 9.67 Å². The van der Waals surface area contributed by atoms with Crippen LogP contribution in [0.25, 0.3) is 0 Å². The number of hydrogen-bond acceptors (Lipinski definition) is 2. The van der Waals surface area contributed by atoms with Gasteiger partial charge >= 0.3 is 0 Å². The fraction of sp³-hybridized carbons (Fsp3) is 0.737. The van der Waals surface area contributed by atoms with E-state index in [9.17, 15) is 9.90 Å². The predicted octanol–water partition coefficient (Wildman–Crippen LogP) is 5.09. The van der Waals surface area contributed by atoms with E-state index in [1.807, 2.05) is 13.8 Å². The zero-order chi connectivity index (χ0) is 16.4. The van der Waals surface area contributed by atoms with E-state index in [0.717, 1.165) is 24.0 Å². The quantitative estimate of drug-likeness (QED) is 0.578. The third-order valence-corrected chi connectivity index (χ3v) is 4.52. The maximum atomic E-state index is 11.9. The molecule has 0 radical (unpaired) electrons. The van der Waals surface area contributed by atoms with Crippen LogP contribution >= 0.6 is 0 Å². The summed E-state index contributed by atoms with van der Waals surface area (Å²) >= 11 is 0. The number of aryl methyl sites for hydroxylation is 1. The normalized spacial score (nSPS) is 11.0. The van der Waals surface area contributed by atoms with Crippen molar-refractivity contribution in [2.24, 2.45) is 0 Å². The second-order valence-corrected chi connectivity index (χ2v) is 6.45. The van der Waals surface area contributed by atoms with Crippen LogP contribution in [0.1, 0.15) is 82.3 Å². The van der Waals surface area contributed by atoms with E-state index >= 15 is 0 Å². The Kier molecular flexibility index (Phi) is 8.95. The van der Waals surface area contributed by atoms with Crippen molar-refractivity contribution in [3.8, 4) is 5.88 Å². The number of aromatic nitrogens is 1. The third kappa shape index (κ3) is 6.25. The summed E-state index contributed by atoms with van der Waals surface area (Å²) in [6, 6.07) is 1.62. The van der Waals surface area contributed by atoms with Gasteiger partial charge in [0.1, 0.15) is 0 Å². The Morgan fingerprint density at radius 1 is 0.909 bits per heavy atom. The van der Waals surface area contributed by atoms with Gasteiger partial charge in [-0.2, -0.15) is 0 Å². The maximum absolute atomic E-state index is 11.9. The SMILES string of the molecule is CCCCCCCCCCCCn1c(O)c(C)c(C)cc1=O. The zero-order valence-corrected chi connectivity index (χ0v) is 14.7. The van der Waals surface area contributed by atoms with Crippen molar-refractivity contribution in [1.82, 2.24) is 4.57 Å². The van der Waals surface area contributed by atoms with E-state index in [0.29, 0.717) is 6.54 Å². The molecule has 0 saturated carbocycles. The molecule has 0 spiro atoms. The van der Waals surface area contributed by atoms with Gasteiger partial charge in [-0.25, -0.2) is 0 Å². The summed E-state index contributed by atoms with van der Waals surface area (Å²) in [6.45, 7) is 6.60.